The van der Waals surface area contributed by atoms with Crippen LogP contribution in [0, 0.1) is 0 Å². The molecule has 2 atom stereocenters. The van der Waals surface area contributed by atoms with Crippen molar-refractivity contribution >= 4 is 48.4 Å². The van der Waals surface area contributed by atoms with Gasteiger partial charge >= 0.3 is 0 Å². The quantitative estimate of drug-likeness (QED) is 0.859. The molecule has 0 radical (unpaired) electrons. The monoisotopic (exact) mass is 373 g/mol. The van der Waals surface area contributed by atoms with Crippen molar-refractivity contribution in [2.75, 3.05) is 12.0 Å². The highest BCUT2D eigenvalue weighted by Gasteiger charge is 2.20. The molecule has 18 heavy (non-hydrogen) atoms. The number of benzene rings is 1. The van der Waals surface area contributed by atoms with Crippen molar-refractivity contribution in [1.29, 1.82) is 0 Å². The minimum atomic E-state index is -3.69. The summed E-state index contributed by atoms with van der Waals surface area (Å²) < 4.78 is 38.3. The fourth-order valence-electron chi connectivity index (χ4n) is 1.41. The molecule has 0 spiro atoms. The first-order chi connectivity index (χ1) is 8.22. The van der Waals surface area contributed by atoms with E-state index in [1.54, 1.807) is 13.0 Å². The van der Waals surface area contributed by atoms with Gasteiger partial charge in [0.1, 0.15) is 4.90 Å². The number of hydrogen-bond donors (Lipinski definition) is 1. The Kier molecular flexibility index (Phi) is 5.79. The zero-order valence-electron chi connectivity index (χ0n) is 9.81. The summed E-state index contributed by atoms with van der Waals surface area (Å²) in [6.45, 7) is 1.66. The van der Waals surface area contributed by atoms with Crippen LogP contribution in [0.3, 0.4) is 0 Å². The van der Waals surface area contributed by atoms with Crippen LogP contribution < -0.4 is 4.72 Å². The van der Waals surface area contributed by atoms with E-state index < -0.39 is 26.9 Å². The van der Waals surface area contributed by atoms with Gasteiger partial charge in [0.25, 0.3) is 0 Å². The van der Waals surface area contributed by atoms with Crippen LogP contribution in [0.2, 0.25) is 5.02 Å². The second-order valence-corrected chi connectivity index (χ2v) is 8.32. The molecule has 1 N–H and O–H groups in total. The van der Waals surface area contributed by atoms with Crippen LogP contribution in [0.5, 0.6) is 0 Å². The van der Waals surface area contributed by atoms with Crippen molar-refractivity contribution in [1.82, 2.24) is 4.72 Å². The molecule has 0 saturated carbocycles. The highest BCUT2D eigenvalue weighted by Crippen LogP contribution is 2.25. The predicted molar refractivity (Wildman–Crippen MR) is 77.9 cm³/mol. The maximum Gasteiger partial charge on any atom is 0.242 e. The second kappa shape index (κ2) is 6.47. The minimum absolute atomic E-state index is 0.0149. The van der Waals surface area contributed by atoms with Crippen LogP contribution in [0.25, 0.3) is 0 Å². The van der Waals surface area contributed by atoms with Gasteiger partial charge in [-0.3, -0.25) is 4.21 Å². The molecular weight excluding hydrogens is 362 g/mol. The van der Waals surface area contributed by atoms with Gasteiger partial charge in [-0.25, -0.2) is 13.1 Å². The first-order valence-corrected chi connectivity index (χ1v) is 9.38. The van der Waals surface area contributed by atoms with Gasteiger partial charge in [-0.05, 0) is 25.1 Å². The molecular formula is C10H13BrClNO3S2. The topological polar surface area (TPSA) is 63.2 Å². The molecule has 4 nitrogen and oxygen atoms in total. The Morgan fingerprint density at radius 3 is 2.61 bits per heavy atom. The normalized spacial score (nSPS) is 15.3. The van der Waals surface area contributed by atoms with Crippen LogP contribution in [0.4, 0.5) is 0 Å². The third-order valence-electron chi connectivity index (χ3n) is 2.02. The van der Waals surface area contributed by atoms with E-state index >= 15 is 0 Å². The third kappa shape index (κ3) is 4.62. The molecule has 1 rings (SSSR count). The molecule has 1 aromatic carbocycles. The SMILES string of the molecule is CC(CS(C)=O)NS(=O)(=O)c1ccc(Br)cc1Cl. The number of nitrogens with one attached hydrogen (secondary N) is 1. The second-order valence-electron chi connectivity index (χ2n) is 3.84. The fraction of sp³-hybridized carbons (Fsp3) is 0.400. The Labute approximate surface area is 123 Å². The molecule has 0 saturated heterocycles. The molecule has 0 fully saturated rings. The Bertz CT molecular complexity index is 562. The van der Waals surface area contributed by atoms with E-state index in [0.29, 0.717) is 4.47 Å². The Morgan fingerprint density at radius 2 is 2.11 bits per heavy atom. The lowest BCUT2D eigenvalue weighted by Crippen LogP contribution is -2.36. The summed E-state index contributed by atoms with van der Waals surface area (Å²) in [4.78, 5) is 0.0149. The Hall–Kier alpha value is 0.0500. The lowest BCUT2D eigenvalue weighted by molar-refractivity contribution is 0.570. The van der Waals surface area contributed by atoms with Crippen LogP contribution in [0.1, 0.15) is 6.92 Å². The Balaban J connectivity index is 2.96. The van der Waals surface area contributed by atoms with Gasteiger partial charge < -0.3 is 0 Å². The summed E-state index contributed by atoms with van der Waals surface area (Å²) in [6.07, 6.45) is 1.53. The van der Waals surface area contributed by atoms with E-state index in [0.717, 1.165) is 0 Å². The number of rotatable bonds is 5. The van der Waals surface area contributed by atoms with Crippen LogP contribution >= 0.6 is 27.5 Å². The van der Waals surface area contributed by atoms with Gasteiger partial charge in [0.15, 0.2) is 0 Å². The van der Waals surface area contributed by atoms with Gasteiger partial charge in [0.05, 0.1) is 5.02 Å². The highest BCUT2D eigenvalue weighted by molar-refractivity contribution is 9.10. The molecule has 0 amide bonds. The van der Waals surface area contributed by atoms with Gasteiger partial charge in [-0.15, -0.1) is 0 Å². The standard InChI is InChI=1S/C10H13BrClNO3S2/c1-7(6-17(2)14)13-18(15,16)10-4-3-8(11)5-9(10)12/h3-5,7,13H,6H2,1-2H3. The van der Waals surface area contributed by atoms with E-state index in [-0.39, 0.29) is 15.7 Å². The average molecular weight is 375 g/mol. The lowest BCUT2D eigenvalue weighted by Gasteiger charge is -2.13. The molecule has 8 heteroatoms. The van der Waals surface area contributed by atoms with Gasteiger partial charge in [-0.2, -0.15) is 0 Å². The summed E-state index contributed by atoms with van der Waals surface area (Å²) in [5, 5.41) is 0.140. The summed E-state index contributed by atoms with van der Waals surface area (Å²) in [5.41, 5.74) is 0. The fourth-order valence-corrected chi connectivity index (χ4v) is 4.58. The first-order valence-electron chi connectivity index (χ1n) is 5.00. The van der Waals surface area contributed by atoms with Gasteiger partial charge in [0, 0.05) is 33.3 Å². The summed E-state index contributed by atoms with van der Waals surface area (Å²) in [5.74, 6) is 0.257. The lowest BCUT2D eigenvalue weighted by atomic mass is 10.4. The molecule has 0 aliphatic rings. The molecule has 102 valence electrons. The number of halogens is 2. The van der Waals surface area contributed by atoms with Crippen molar-refractivity contribution < 1.29 is 12.6 Å². The highest BCUT2D eigenvalue weighted by atomic mass is 79.9. The van der Waals surface area contributed by atoms with E-state index in [1.807, 2.05) is 0 Å². The van der Waals surface area contributed by atoms with Crippen LogP contribution in [0.15, 0.2) is 27.6 Å². The molecule has 0 heterocycles. The van der Waals surface area contributed by atoms with Crippen molar-refractivity contribution in [2.24, 2.45) is 0 Å². The summed E-state index contributed by atoms with van der Waals surface area (Å²) >= 11 is 9.10. The number of sulfonamides is 1. The molecule has 0 aliphatic carbocycles. The van der Waals surface area contributed by atoms with E-state index in [9.17, 15) is 12.6 Å². The van der Waals surface area contributed by atoms with Crippen LogP contribution in [-0.4, -0.2) is 30.7 Å². The van der Waals surface area contributed by atoms with E-state index in [2.05, 4.69) is 20.7 Å². The van der Waals surface area contributed by atoms with Gasteiger partial charge in [0.2, 0.25) is 10.0 Å². The summed E-state index contributed by atoms with van der Waals surface area (Å²) in [7, 11) is -4.75. The molecule has 2 unspecified atom stereocenters. The number of hydrogen-bond acceptors (Lipinski definition) is 3. The first kappa shape index (κ1) is 16.1. The zero-order chi connectivity index (χ0) is 13.9. The smallest absolute Gasteiger partial charge is 0.242 e. The van der Waals surface area contributed by atoms with Gasteiger partial charge in [-0.1, -0.05) is 27.5 Å². The summed E-state index contributed by atoms with van der Waals surface area (Å²) in [6, 6.07) is 4.12. The van der Waals surface area contributed by atoms with E-state index in [4.69, 9.17) is 11.6 Å². The van der Waals surface area contributed by atoms with E-state index in [1.165, 1.54) is 18.4 Å². The maximum absolute atomic E-state index is 12.0. The molecule has 0 aliphatic heterocycles. The van der Waals surface area contributed by atoms with Crippen molar-refractivity contribution in [3.05, 3.63) is 27.7 Å². The minimum Gasteiger partial charge on any atom is -0.260 e. The van der Waals surface area contributed by atoms with Crippen molar-refractivity contribution in [3.8, 4) is 0 Å². The molecule has 1 aromatic rings. The zero-order valence-corrected chi connectivity index (χ0v) is 13.8. The third-order valence-corrected chi connectivity index (χ3v) is 5.56. The largest absolute Gasteiger partial charge is 0.260 e. The molecule has 0 bridgehead atoms. The van der Waals surface area contributed by atoms with Crippen molar-refractivity contribution in [3.63, 3.8) is 0 Å². The Morgan fingerprint density at radius 1 is 1.50 bits per heavy atom. The predicted octanol–water partition coefficient (Wildman–Crippen LogP) is 2.15. The molecule has 0 aromatic heterocycles. The van der Waals surface area contributed by atoms with Crippen LogP contribution in [-0.2, 0) is 20.8 Å². The van der Waals surface area contributed by atoms with Crippen molar-refractivity contribution in [2.45, 2.75) is 17.9 Å². The maximum atomic E-state index is 12.0. The average Bonchev–Trinajstić information content (AvgIpc) is 2.13.